The van der Waals surface area contributed by atoms with Gasteiger partial charge in [-0.25, -0.2) is 0 Å². The Hall–Kier alpha value is -1.10. The van der Waals surface area contributed by atoms with Gasteiger partial charge in [-0.05, 0) is 48.9 Å². The van der Waals surface area contributed by atoms with Crippen molar-refractivity contribution in [3.63, 3.8) is 0 Å². The Morgan fingerprint density at radius 2 is 1.86 bits per heavy atom. The minimum Gasteiger partial charge on any atom is -0.372 e. The molecule has 120 valence electrons. The Kier molecular flexibility index (Phi) is 4.44. The van der Waals surface area contributed by atoms with Crippen LogP contribution >= 0.6 is 12.4 Å². The Morgan fingerprint density at radius 3 is 2.59 bits per heavy atom. The van der Waals surface area contributed by atoms with Gasteiger partial charge in [-0.2, -0.15) is 0 Å². The van der Waals surface area contributed by atoms with Gasteiger partial charge >= 0.3 is 0 Å². The highest BCUT2D eigenvalue weighted by Crippen LogP contribution is 2.30. The van der Waals surface area contributed by atoms with E-state index in [2.05, 4.69) is 5.32 Å². The van der Waals surface area contributed by atoms with Crippen LogP contribution in [0.5, 0.6) is 0 Å². The molecule has 0 aromatic heterocycles. The van der Waals surface area contributed by atoms with Gasteiger partial charge < -0.3 is 15.0 Å². The summed E-state index contributed by atoms with van der Waals surface area (Å²) in [6, 6.07) is 7.59. The minimum atomic E-state index is 0. The van der Waals surface area contributed by atoms with Crippen molar-refractivity contribution in [3.05, 3.63) is 34.9 Å². The second kappa shape index (κ2) is 6.19. The third-order valence-electron chi connectivity index (χ3n) is 5.28. The average molecular weight is 323 g/mol. The minimum absolute atomic E-state index is 0. The average Bonchev–Trinajstić information content (AvgIpc) is 3.11. The van der Waals surface area contributed by atoms with Crippen molar-refractivity contribution in [1.29, 1.82) is 0 Å². The van der Waals surface area contributed by atoms with Crippen molar-refractivity contribution in [2.24, 2.45) is 0 Å². The highest BCUT2D eigenvalue weighted by Gasteiger charge is 2.36. The van der Waals surface area contributed by atoms with E-state index in [1.54, 1.807) is 0 Å². The van der Waals surface area contributed by atoms with Crippen LogP contribution in [-0.2, 0) is 18.0 Å². The van der Waals surface area contributed by atoms with E-state index in [1.807, 2.05) is 30.1 Å². The number of halogens is 1. The zero-order valence-corrected chi connectivity index (χ0v) is 13.7. The Morgan fingerprint density at radius 1 is 1.18 bits per heavy atom. The lowest BCUT2D eigenvalue weighted by Crippen LogP contribution is -2.48. The number of hydrogen-bond donors (Lipinski definition) is 1. The number of benzene rings is 1. The summed E-state index contributed by atoms with van der Waals surface area (Å²) >= 11 is 0. The van der Waals surface area contributed by atoms with Gasteiger partial charge in [0.05, 0.1) is 13.2 Å². The molecular weight excluding hydrogens is 300 g/mol. The molecule has 2 saturated heterocycles. The molecule has 2 bridgehead atoms. The van der Waals surface area contributed by atoms with Crippen molar-refractivity contribution in [3.8, 4) is 0 Å². The fraction of sp³-hybridized carbons (Fsp3) is 0.588. The molecule has 3 aliphatic rings. The predicted octanol–water partition coefficient (Wildman–Crippen LogP) is 2.49. The number of fused-ring (bicyclic) bond motifs is 3. The largest absolute Gasteiger partial charge is 0.372 e. The maximum Gasteiger partial charge on any atom is 0.253 e. The zero-order chi connectivity index (χ0) is 14.4. The first-order valence-electron chi connectivity index (χ1n) is 7.93. The maximum atomic E-state index is 12.7. The van der Waals surface area contributed by atoms with E-state index < -0.39 is 0 Å². The SMILES string of the molecule is CN(C(=O)c1ccc2c(c1)COC2)C1CC2CCC(C1)N2.Cl. The van der Waals surface area contributed by atoms with Gasteiger partial charge in [0.1, 0.15) is 0 Å². The van der Waals surface area contributed by atoms with Crippen molar-refractivity contribution >= 4 is 18.3 Å². The molecule has 5 heteroatoms. The van der Waals surface area contributed by atoms with Crippen LogP contribution in [0.2, 0.25) is 0 Å². The maximum absolute atomic E-state index is 12.7. The van der Waals surface area contributed by atoms with Crippen molar-refractivity contribution < 1.29 is 9.53 Å². The monoisotopic (exact) mass is 322 g/mol. The molecule has 2 unspecified atom stereocenters. The van der Waals surface area contributed by atoms with Crippen LogP contribution in [0.25, 0.3) is 0 Å². The number of nitrogens with zero attached hydrogens (tertiary/aromatic N) is 1. The van der Waals surface area contributed by atoms with Crippen molar-refractivity contribution in [2.45, 2.75) is 57.0 Å². The zero-order valence-electron chi connectivity index (χ0n) is 12.9. The van der Waals surface area contributed by atoms with Crippen LogP contribution in [0.3, 0.4) is 0 Å². The third kappa shape index (κ3) is 2.75. The molecule has 3 heterocycles. The van der Waals surface area contributed by atoms with Gasteiger partial charge in [-0.3, -0.25) is 4.79 Å². The summed E-state index contributed by atoms with van der Waals surface area (Å²) in [5.74, 6) is 0.149. The number of rotatable bonds is 2. The molecular formula is C17H23ClN2O2. The van der Waals surface area contributed by atoms with Crippen LogP contribution in [0.1, 0.15) is 47.2 Å². The van der Waals surface area contributed by atoms with E-state index in [1.165, 1.54) is 24.0 Å². The van der Waals surface area contributed by atoms with E-state index >= 15 is 0 Å². The van der Waals surface area contributed by atoms with Gasteiger partial charge in [-0.15, -0.1) is 12.4 Å². The molecule has 0 aliphatic carbocycles. The lowest BCUT2D eigenvalue weighted by Gasteiger charge is -2.35. The lowest BCUT2D eigenvalue weighted by atomic mass is 9.97. The summed E-state index contributed by atoms with van der Waals surface area (Å²) in [6.07, 6.45) is 4.71. The molecule has 4 nitrogen and oxygen atoms in total. The molecule has 2 atom stereocenters. The number of ether oxygens (including phenoxy) is 1. The van der Waals surface area contributed by atoms with Gasteiger partial charge in [0, 0.05) is 30.7 Å². The van der Waals surface area contributed by atoms with E-state index in [9.17, 15) is 4.79 Å². The standard InChI is InChI=1S/C17H22N2O2.ClH/c1-19(16-7-14-4-5-15(8-16)18-14)17(20)11-2-3-12-9-21-10-13(12)6-11;/h2-3,6,14-16,18H,4-5,7-10H2,1H3;1H. The smallest absolute Gasteiger partial charge is 0.253 e. The van der Waals surface area contributed by atoms with Gasteiger partial charge in [-0.1, -0.05) is 6.07 Å². The second-order valence-electron chi connectivity index (χ2n) is 6.66. The summed E-state index contributed by atoms with van der Waals surface area (Å²) in [7, 11) is 1.96. The molecule has 0 spiro atoms. The van der Waals surface area contributed by atoms with Crippen LogP contribution in [-0.4, -0.2) is 36.0 Å². The number of piperidine rings is 1. The molecule has 1 amide bonds. The van der Waals surface area contributed by atoms with Gasteiger partial charge in [0.2, 0.25) is 0 Å². The van der Waals surface area contributed by atoms with E-state index in [-0.39, 0.29) is 18.3 Å². The van der Waals surface area contributed by atoms with E-state index in [0.717, 1.165) is 18.4 Å². The van der Waals surface area contributed by atoms with E-state index in [0.29, 0.717) is 31.3 Å². The first-order chi connectivity index (χ1) is 10.2. The third-order valence-corrected chi connectivity index (χ3v) is 5.28. The van der Waals surface area contributed by atoms with Crippen LogP contribution in [0, 0.1) is 0 Å². The Bertz CT molecular complexity index is 566. The molecule has 1 N–H and O–H groups in total. The Labute approximate surface area is 137 Å². The summed E-state index contributed by atoms with van der Waals surface area (Å²) in [5.41, 5.74) is 3.18. The molecule has 0 saturated carbocycles. The normalized spacial score (nSPS) is 28.9. The molecule has 1 aromatic carbocycles. The fourth-order valence-corrected chi connectivity index (χ4v) is 4.02. The summed E-state index contributed by atoms with van der Waals surface area (Å²) < 4.78 is 5.43. The number of amides is 1. The van der Waals surface area contributed by atoms with Gasteiger partial charge in [0.25, 0.3) is 5.91 Å². The molecule has 22 heavy (non-hydrogen) atoms. The summed E-state index contributed by atoms with van der Waals surface area (Å²) in [6.45, 7) is 1.31. The first-order valence-corrected chi connectivity index (χ1v) is 7.93. The first kappa shape index (κ1) is 15.8. The topological polar surface area (TPSA) is 41.6 Å². The highest BCUT2D eigenvalue weighted by molar-refractivity contribution is 5.94. The number of carbonyl (C=O) groups is 1. The summed E-state index contributed by atoms with van der Waals surface area (Å²) in [5, 5.41) is 3.63. The molecule has 4 rings (SSSR count). The van der Waals surface area contributed by atoms with Crippen molar-refractivity contribution in [2.75, 3.05) is 7.05 Å². The summed E-state index contributed by atoms with van der Waals surface area (Å²) in [4.78, 5) is 14.7. The lowest BCUT2D eigenvalue weighted by molar-refractivity contribution is 0.0681. The quantitative estimate of drug-likeness (QED) is 0.909. The highest BCUT2D eigenvalue weighted by atomic mass is 35.5. The number of hydrogen-bond acceptors (Lipinski definition) is 3. The molecule has 3 aliphatic heterocycles. The second-order valence-corrected chi connectivity index (χ2v) is 6.66. The molecule has 2 fully saturated rings. The van der Waals surface area contributed by atoms with Crippen LogP contribution in [0.15, 0.2) is 18.2 Å². The number of carbonyl (C=O) groups excluding carboxylic acids is 1. The van der Waals surface area contributed by atoms with E-state index in [4.69, 9.17) is 4.74 Å². The van der Waals surface area contributed by atoms with Gasteiger partial charge in [0.15, 0.2) is 0 Å². The van der Waals surface area contributed by atoms with Crippen LogP contribution < -0.4 is 5.32 Å². The van der Waals surface area contributed by atoms with Crippen LogP contribution in [0.4, 0.5) is 0 Å². The van der Waals surface area contributed by atoms with Crippen molar-refractivity contribution in [1.82, 2.24) is 10.2 Å². The molecule has 1 aromatic rings. The number of nitrogens with one attached hydrogen (secondary N) is 1. The Balaban J connectivity index is 0.00000144. The predicted molar refractivity (Wildman–Crippen MR) is 87.2 cm³/mol. The fourth-order valence-electron chi connectivity index (χ4n) is 4.02. The molecule has 0 radical (unpaired) electrons.